The molecule has 508 valence electrons. The highest BCUT2D eigenvalue weighted by Crippen LogP contribution is 2.24. The van der Waals surface area contributed by atoms with Crippen LogP contribution in [0, 0.1) is 0 Å². The summed E-state index contributed by atoms with van der Waals surface area (Å²) < 4.78 is 16.7. The summed E-state index contributed by atoms with van der Waals surface area (Å²) in [6, 6.07) is -0.806. The van der Waals surface area contributed by atoms with Crippen LogP contribution in [0.3, 0.4) is 0 Å². The van der Waals surface area contributed by atoms with Gasteiger partial charge in [0.15, 0.2) is 6.29 Å². The fourth-order valence-corrected chi connectivity index (χ4v) is 12.1. The van der Waals surface area contributed by atoms with Crippen molar-refractivity contribution in [2.45, 2.75) is 423 Å². The maximum atomic E-state index is 13.1. The van der Waals surface area contributed by atoms with E-state index in [0.717, 1.165) is 51.4 Å². The standard InChI is InChI=1S/C75H143NO10/c1-3-5-7-9-11-13-15-43-47-51-55-59-63-71(80)84-64-60-56-52-48-44-40-38-36-34-32-30-28-26-24-22-20-18-16-17-19-21-23-25-27-29-31-33-35-37-39-42-46-50-54-58-62-70(79)76-67(66-85-75-74(83)73(82)72(81)69(65-77)86-75)68(78)61-57-53-49-45-41-14-12-10-8-6-4-2/h18,20,57,61,67-69,72-75,77-78,81-83H,3-17,19,21-56,58-60,62-66H2,1-2H3,(H,76,79)/b20-18-,61-57+. The molecule has 1 aliphatic rings. The molecular weight excluding hydrogens is 1070 g/mol. The summed E-state index contributed by atoms with van der Waals surface area (Å²) in [6.45, 7) is 4.38. The number of aliphatic hydroxyl groups is 5. The highest BCUT2D eigenvalue weighted by atomic mass is 16.7. The zero-order valence-corrected chi connectivity index (χ0v) is 56.6. The molecule has 1 fully saturated rings. The zero-order chi connectivity index (χ0) is 62.3. The van der Waals surface area contributed by atoms with Crippen LogP contribution in [0.2, 0.25) is 0 Å². The second kappa shape index (κ2) is 64.7. The Hall–Kier alpha value is -1.86. The van der Waals surface area contributed by atoms with Gasteiger partial charge in [0.1, 0.15) is 24.4 Å². The Balaban J connectivity index is 1.90. The lowest BCUT2D eigenvalue weighted by atomic mass is 9.99. The molecular formula is C75H143NO10. The lowest BCUT2D eigenvalue weighted by Crippen LogP contribution is -2.60. The van der Waals surface area contributed by atoms with E-state index < -0.39 is 49.5 Å². The second-order valence-corrected chi connectivity index (χ2v) is 26.4. The molecule has 6 N–H and O–H groups in total. The van der Waals surface area contributed by atoms with Gasteiger partial charge in [-0.15, -0.1) is 0 Å². The first-order chi connectivity index (χ1) is 42.2. The van der Waals surface area contributed by atoms with Crippen LogP contribution in [0.15, 0.2) is 24.3 Å². The van der Waals surface area contributed by atoms with E-state index in [1.54, 1.807) is 6.08 Å². The van der Waals surface area contributed by atoms with Crippen molar-refractivity contribution in [3.05, 3.63) is 24.3 Å². The predicted octanol–water partition coefficient (Wildman–Crippen LogP) is 19.6. The number of hydrogen-bond acceptors (Lipinski definition) is 10. The summed E-state index contributed by atoms with van der Waals surface area (Å²) in [4.78, 5) is 25.1. The third-order valence-corrected chi connectivity index (χ3v) is 18.1. The first-order valence-corrected chi connectivity index (χ1v) is 37.6. The number of ether oxygens (including phenoxy) is 3. The van der Waals surface area contributed by atoms with Crippen molar-refractivity contribution in [2.24, 2.45) is 0 Å². The van der Waals surface area contributed by atoms with E-state index in [9.17, 15) is 35.1 Å². The third kappa shape index (κ3) is 52.9. The largest absolute Gasteiger partial charge is 0.466 e. The number of nitrogens with one attached hydrogen (secondary N) is 1. The Kier molecular flexibility index (Phi) is 61.8. The SMILES string of the molecule is CCCCCCCCCCC/C=C/C(O)C(COC1OC(CO)C(O)C(O)C1O)NC(=O)CCCCCCCCCCCCCCCCCCC/C=C\CCCCCCCCCCCCCCCCOC(=O)CCCCCCCCCCCCCC. The smallest absolute Gasteiger partial charge is 0.305 e. The molecule has 1 heterocycles. The average Bonchev–Trinajstić information content (AvgIpc) is 3.71. The molecule has 1 saturated heterocycles. The van der Waals surface area contributed by atoms with Crippen molar-refractivity contribution in [3.63, 3.8) is 0 Å². The molecule has 0 saturated carbocycles. The molecule has 0 aromatic carbocycles. The summed E-state index contributed by atoms with van der Waals surface area (Å²) in [5, 5.41) is 54.4. The maximum Gasteiger partial charge on any atom is 0.305 e. The fraction of sp³-hybridized carbons (Fsp3) is 0.920. The summed E-state index contributed by atoms with van der Waals surface area (Å²) >= 11 is 0. The molecule has 0 bridgehead atoms. The Labute approximate surface area is 531 Å². The number of esters is 1. The molecule has 0 aromatic rings. The molecule has 0 radical (unpaired) electrons. The Morgan fingerprint density at radius 2 is 0.744 bits per heavy atom. The second-order valence-electron chi connectivity index (χ2n) is 26.4. The number of allylic oxidation sites excluding steroid dienone is 3. The Bertz CT molecular complexity index is 1480. The van der Waals surface area contributed by atoms with Gasteiger partial charge in [0.05, 0.1) is 32.0 Å². The van der Waals surface area contributed by atoms with Crippen LogP contribution in [-0.2, 0) is 23.8 Å². The predicted molar refractivity (Wildman–Crippen MR) is 361 cm³/mol. The van der Waals surface area contributed by atoms with Crippen molar-refractivity contribution >= 4 is 11.9 Å². The number of unbranched alkanes of at least 4 members (excludes halogenated alkanes) is 51. The van der Waals surface area contributed by atoms with Gasteiger partial charge in [0, 0.05) is 12.8 Å². The number of amides is 1. The molecule has 7 atom stereocenters. The van der Waals surface area contributed by atoms with Crippen LogP contribution in [0.5, 0.6) is 0 Å². The summed E-state index contributed by atoms with van der Waals surface area (Å²) in [5.41, 5.74) is 0. The number of carbonyl (C=O) groups is 2. The van der Waals surface area contributed by atoms with Gasteiger partial charge < -0.3 is 45.1 Å². The van der Waals surface area contributed by atoms with Crippen LogP contribution in [0.25, 0.3) is 0 Å². The lowest BCUT2D eigenvalue weighted by Gasteiger charge is -2.40. The van der Waals surface area contributed by atoms with E-state index in [4.69, 9.17) is 14.2 Å². The highest BCUT2D eigenvalue weighted by Gasteiger charge is 2.44. The van der Waals surface area contributed by atoms with E-state index in [-0.39, 0.29) is 18.5 Å². The quantitative estimate of drug-likeness (QED) is 0.0195. The van der Waals surface area contributed by atoms with Gasteiger partial charge in [0.2, 0.25) is 5.91 Å². The van der Waals surface area contributed by atoms with Crippen molar-refractivity contribution in [1.82, 2.24) is 5.32 Å². The van der Waals surface area contributed by atoms with Crippen molar-refractivity contribution < 1.29 is 49.3 Å². The molecule has 86 heavy (non-hydrogen) atoms. The Morgan fingerprint density at radius 1 is 0.419 bits per heavy atom. The number of aliphatic hydroxyl groups excluding tert-OH is 5. The molecule has 1 amide bonds. The first kappa shape index (κ1) is 82.2. The maximum absolute atomic E-state index is 13.1. The lowest BCUT2D eigenvalue weighted by molar-refractivity contribution is -0.302. The fourth-order valence-electron chi connectivity index (χ4n) is 12.1. The van der Waals surface area contributed by atoms with Crippen LogP contribution in [-0.4, -0.2) is 100 Å². The van der Waals surface area contributed by atoms with Crippen LogP contribution in [0.1, 0.15) is 380 Å². The number of rotatable bonds is 67. The normalized spacial score (nSPS) is 18.0. The van der Waals surface area contributed by atoms with Crippen LogP contribution in [0.4, 0.5) is 0 Å². The number of hydrogen-bond donors (Lipinski definition) is 6. The van der Waals surface area contributed by atoms with E-state index in [1.165, 1.54) is 302 Å². The molecule has 11 heteroatoms. The summed E-state index contributed by atoms with van der Waals surface area (Å²) in [5.74, 6) is -0.162. The van der Waals surface area contributed by atoms with E-state index in [2.05, 4.69) is 31.3 Å². The minimum Gasteiger partial charge on any atom is -0.466 e. The van der Waals surface area contributed by atoms with E-state index in [1.807, 2.05) is 6.08 Å². The first-order valence-electron chi connectivity index (χ1n) is 37.6. The van der Waals surface area contributed by atoms with E-state index >= 15 is 0 Å². The molecule has 0 aliphatic carbocycles. The van der Waals surface area contributed by atoms with Gasteiger partial charge in [0.25, 0.3) is 0 Å². The van der Waals surface area contributed by atoms with Crippen LogP contribution >= 0.6 is 0 Å². The minimum atomic E-state index is -1.57. The monoisotopic (exact) mass is 1220 g/mol. The van der Waals surface area contributed by atoms with Gasteiger partial charge in [-0.1, -0.05) is 334 Å². The molecule has 0 spiro atoms. The van der Waals surface area contributed by atoms with Gasteiger partial charge in [-0.05, 0) is 57.8 Å². The highest BCUT2D eigenvalue weighted by molar-refractivity contribution is 5.76. The molecule has 11 nitrogen and oxygen atoms in total. The zero-order valence-electron chi connectivity index (χ0n) is 56.6. The molecule has 1 aliphatic heterocycles. The Morgan fingerprint density at radius 3 is 1.12 bits per heavy atom. The van der Waals surface area contributed by atoms with Gasteiger partial charge >= 0.3 is 5.97 Å². The topological polar surface area (TPSA) is 175 Å². The van der Waals surface area contributed by atoms with Crippen molar-refractivity contribution in [3.8, 4) is 0 Å². The van der Waals surface area contributed by atoms with Crippen molar-refractivity contribution in [2.75, 3.05) is 19.8 Å². The summed E-state index contributed by atoms with van der Waals surface area (Å²) in [7, 11) is 0. The van der Waals surface area contributed by atoms with Crippen molar-refractivity contribution in [1.29, 1.82) is 0 Å². The van der Waals surface area contributed by atoms with Gasteiger partial charge in [-0.25, -0.2) is 0 Å². The summed E-state index contributed by atoms with van der Waals surface area (Å²) in [6.07, 6.45) is 72.0. The van der Waals surface area contributed by atoms with E-state index in [0.29, 0.717) is 19.4 Å². The van der Waals surface area contributed by atoms with Gasteiger partial charge in [-0.2, -0.15) is 0 Å². The number of carbonyl (C=O) groups excluding carboxylic acids is 2. The minimum absolute atomic E-state index is 0.0148. The van der Waals surface area contributed by atoms with Crippen LogP contribution < -0.4 is 5.32 Å². The van der Waals surface area contributed by atoms with Gasteiger partial charge in [-0.3, -0.25) is 9.59 Å². The molecule has 7 unspecified atom stereocenters. The third-order valence-electron chi connectivity index (χ3n) is 18.1. The average molecular weight is 1220 g/mol. The molecule has 1 rings (SSSR count). The molecule has 0 aromatic heterocycles.